The average Bonchev–Trinajstić information content (AvgIpc) is 2.15. The summed E-state index contributed by atoms with van der Waals surface area (Å²) in [5, 5.41) is 3.00. The van der Waals surface area contributed by atoms with Crippen LogP contribution in [0.4, 0.5) is 4.79 Å². The zero-order valence-corrected chi connectivity index (χ0v) is 11.5. The van der Waals surface area contributed by atoms with E-state index in [4.69, 9.17) is 10.5 Å². The number of carbonyl (C=O) groups excluding carboxylic acids is 1. The standard InChI is InChI=1S/C13H26N2O2/c1-10(14)13(8-6-5-7-9-13)15-11(16)17-12(2,3)4/h10H,5-9,14H2,1-4H3,(H,15,16). The predicted molar refractivity (Wildman–Crippen MR) is 68.8 cm³/mol. The lowest BCUT2D eigenvalue weighted by Crippen LogP contribution is -2.60. The van der Waals surface area contributed by atoms with E-state index >= 15 is 0 Å². The van der Waals surface area contributed by atoms with Crippen LogP contribution in [0.25, 0.3) is 0 Å². The van der Waals surface area contributed by atoms with Gasteiger partial charge in [-0.2, -0.15) is 0 Å². The number of alkyl carbamates (subject to hydrolysis) is 1. The Kier molecular flexibility index (Phi) is 4.42. The molecule has 1 atom stereocenters. The van der Waals surface area contributed by atoms with E-state index in [-0.39, 0.29) is 17.7 Å². The van der Waals surface area contributed by atoms with Gasteiger partial charge in [0.25, 0.3) is 0 Å². The number of rotatable bonds is 2. The monoisotopic (exact) mass is 242 g/mol. The number of ether oxygens (including phenoxy) is 1. The molecule has 3 N–H and O–H groups in total. The van der Waals surface area contributed by atoms with Crippen LogP contribution in [-0.4, -0.2) is 23.3 Å². The minimum atomic E-state index is -0.461. The van der Waals surface area contributed by atoms with Crippen molar-refractivity contribution in [1.29, 1.82) is 0 Å². The molecular formula is C13H26N2O2. The van der Waals surface area contributed by atoms with Crippen LogP contribution in [0.5, 0.6) is 0 Å². The van der Waals surface area contributed by atoms with E-state index in [1.54, 1.807) is 0 Å². The van der Waals surface area contributed by atoms with Gasteiger partial charge in [0.05, 0.1) is 5.54 Å². The third-order valence-corrected chi connectivity index (χ3v) is 3.37. The van der Waals surface area contributed by atoms with E-state index < -0.39 is 5.60 Å². The maximum absolute atomic E-state index is 11.8. The Morgan fingerprint density at radius 1 is 1.29 bits per heavy atom. The molecule has 0 spiro atoms. The van der Waals surface area contributed by atoms with Crippen molar-refractivity contribution in [2.45, 2.75) is 77.0 Å². The molecule has 0 aromatic rings. The highest BCUT2D eigenvalue weighted by atomic mass is 16.6. The number of nitrogens with two attached hydrogens (primary N) is 1. The molecule has 1 amide bonds. The fourth-order valence-corrected chi connectivity index (χ4v) is 2.38. The molecule has 1 fully saturated rings. The summed E-state index contributed by atoms with van der Waals surface area (Å²) in [6.45, 7) is 7.56. The summed E-state index contributed by atoms with van der Waals surface area (Å²) in [6, 6.07) is -0.0460. The number of amides is 1. The van der Waals surface area contributed by atoms with Crippen molar-refractivity contribution in [3.63, 3.8) is 0 Å². The SMILES string of the molecule is CC(N)C1(NC(=O)OC(C)(C)C)CCCCC1. The summed E-state index contributed by atoms with van der Waals surface area (Å²) in [5.74, 6) is 0. The Morgan fingerprint density at radius 3 is 2.24 bits per heavy atom. The first-order valence-corrected chi connectivity index (χ1v) is 6.52. The molecule has 1 saturated carbocycles. The number of hydrogen-bond donors (Lipinski definition) is 2. The first-order chi connectivity index (χ1) is 7.75. The van der Waals surface area contributed by atoms with Crippen LogP contribution < -0.4 is 11.1 Å². The van der Waals surface area contributed by atoms with Crippen molar-refractivity contribution in [2.75, 3.05) is 0 Å². The highest BCUT2D eigenvalue weighted by Crippen LogP contribution is 2.30. The second-order valence-corrected chi connectivity index (χ2v) is 6.13. The number of hydrogen-bond acceptors (Lipinski definition) is 3. The second-order valence-electron chi connectivity index (χ2n) is 6.13. The molecule has 0 aromatic carbocycles. The Labute approximate surface area is 104 Å². The van der Waals surface area contributed by atoms with Crippen molar-refractivity contribution < 1.29 is 9.53 Å². The van der Waals surface area contributed by atoms with Crippen molar-refractivity contribution >= 4 is 6.09 Å². The largest absolute Gasteiger partial charge is 0.444 e. The van der Waals surface area contributed by atoms with E-state index in [9.17, 15) is 4.79 Å². The van der Waals surface area contributed by atoms with E-state index in [1.807, 2.05) is 27.7 Å². The lowest BCUT2D eigenvalue weighted by molar-refractivity contribution is 0.0402. The van der Waals surface area contributed by atoms with Gasteiger partial charge in [-0.25, -0.2) is 4.79 Å². The van der Waals surface area contributed by atoms with Gasteiger partial charge in [-0.1, -0.05) is 19.3 Å². The molecule has 1 unspecified atom stereocenters. The Hall–Kier alpha value is -0.770. The van der Waals surface area contributed by atoms with Gasteiger partial charge in [-0.15, -0.1) is 0 Å². The molecule has 0 heterocycles. The fourth-order valence-electron chi connectivity index (χ4n) is 2.38. The Bertz CT molecular complexity index is 263. The van der Waals surface area contributed by atoms with E-state index in [1.165, 1.54) is 6.42 Å². The van der Waals surface area contributed by atoms with E-state index in [0.29, 0.717) is 0 Å². The maximum Gasteiger partial charge on any atom is 0.408 e. The van der Waals surface area contributed by atoms with Gasteiger partial charge in [0.15, 0.2) is 0 Å². The fraction of sp³-hybridized carbons (Fsp3) is 0.923. The molecule has 4 nitrogen and oxygen atoms in total. The van der Waals surface area contributed by atoms with Crippen LogP contribution in [0.3, 0.4) is 0 Å². The molecule has 0 saturated heterocycles. The van der Waals surface area contributed by atoms with Gasteiger partial charge in [-0.05, 0) is 40.5 Å². The lowest BCUT2D eigenvalue weighted by Gasteiger charge is -2.41. The molecule has 100 valence electrons. The first-order valence-electron chi connectivity index (χ1n) is 6.52. The van der Waals surface area contributed by atoms with E-state index in [2.05, 4.69) is 5.32 Å². The lowest BCUT2D eigenvalue weighted by atomic mass is 9.77. The summed E-state index contributed by atoms with van der Waals surface area (Å²) >= 11 is 0. The van der Waals surface area contributed by atoms with Crippen molar-refractivity contribution in [2.24, 2.45) is 5.73 Å². The topological polar surface area (TPSA) is 64.3 Å². The Balaban J connectivity index is 2.64. The smallest absolute Gasteiger partial charge is 0.408 e. The minimum absolute atomic E-state index is 0.0460. The minimum Gasteiger partial charge on any atom is -0.444 e. The van der Waals surface area contributed by atoms with Crippen LogP contribution in [0, 0.1) is 0 Å². The molecule has 1 aliphatic carbocycles. The third-order valence-electron chi connectivity index (χ3n) is 3.37. The summed E-state index contributed by atoms with van der Waals surface area (Å²) in [5.41, 5.74) is 5.31. The predicted octanol–water partition coefficient (Wildman–Crippen LogP) is 2.56. The van der Waals surface area contributed by atoms with Gasteiger partial charge < -0.3 is 15.8 Å². The molecule has 4 heteroatoms. The van der Waals surface area contributed by atoms with Crippen LogP contribution in [0.1, 0.15) is 59.8 Å². The molecule has 0 aliphatic heterocycles. The molecule has 0 radical (unpaired) electrons. The summed E-state index contributed by atoms with van der Waals surface area (Å²) < 4.78 is 5.31. The zero-order valence-electron chi connectivity index (χ0n) is 11.5. The van der Waals surface area contributed by atoms with Crippen LogP contribution in [0.15, 0.2) is 0 Å². The Morgan fingerprint density at radius 2 is 1.82 bits per heavy atom. The number of carbonyl (C=O) groups is 1. The van der Waals surface area contributed by atoms with Crippen LogP contribution in [0.2, 0.25) is 0 Å². The molecule has 1 rings (SSSR count). The van der Waals surface area contributed by atoms with Gasteiger partial charge in [0.1, 0.15) is 5.60 Å². The van der Waals surface area contributed by atoms with Crippen molar-refractivity contribution in [1.82, 2.24) is 5.32 Å². The van der Waals surface area contributed by atoms with Gasteiger partial charge >= 0.3 is 6.09 Å². The summed E-state index contributed by atoms with van der Waals surface area (Å²) in [7, 11) is 0. The molecular weight excluding hydrogens is 216 g/mol. The van der Waals surface area contributed by atoms with Gasteiger partial charge in [0.2, 0.25) is 0 Å². The second kappa shape index (κ2) is 5.25. The van der Waals surface area contributed by atoms with E-state index in [0.717, 1.165) is 25.7 Å². The maximum atomic E-state index is 11.8. The van der Waals surface area contributed by atoms with Crippen molar-refractivity contribution in [3.05, 3.63) is 0 Å². The normalized spacial score (nSPS) is 21.7. The zero-order chi connectivity index (χ0) is 13.1. The highest BCUT2D eigenvalue weighted by Gasteiger charge is 2.38. The molecule has 17 heavy (non-hydrogen) atoms. The third kappa shape index (κ3) is 4.19. The molecule has 1 aliphatic rings. The van der Waals surface area contributed by atoms with Crippen LogP contribution >= 0.6 is 0 Å². The number of nitrogens with one attached hydrogen (secondary N) is 1. The first kappa shape index (κ1) is 14.3. The highest BCUT2D eigenvalue weighted by molar-refractivity contribution is 5.69. The molecule has 0 aromatic heterocycles. The van der Waals surface area contributed by atoms with Crippen LogP contribution in [-0.2, 0) is 4.74 Å². The summed E-state index contributed by atoms with van der Waals surface area (Å²) in [6.07, 6.45) is 5.02. The quantitative estimate of drug-likeness (QED) is 0.782. The summed E-state index contributed by atoms with van der Waals surface area (Å²) in [4.78, 5) is 11.8. The van der Waals surface area contributed by atoms with Gasteiger partial charge in [0, 0.05) is 6.04 Å². The molecule has 0 bridgehead atoms. The van der Waals surface area contributed by atoms with Gasteiger partial charge in [-0.3, -0.25) is 0 Å². The van der Waals surface area contributed by atoms with Crippen molar-refractivity contribution in [3.8, 4) is 0 Å². The average molecular weight is 242 g/mol.